The number of para-hydroxylation sites is 2. The van der Waals surface area contributed by atoms with Crippen LogP contribution in [-0.4, -0.2) is 33.9 Å². The van der Waals surface area contributed by atoms with E-state index in [0.717, 1.165) is 60.5 Å². The molecule has 0 saturated carbocycles. The van der Waals surface area contributed by atoms with Crippen LogP contribution in [0.15, 0.2) is 30.3 Å². The summed E-state index contributed by atoms with van der Waals surface area (Å²) >= 11 is 1.73. The molecule has 5 heteroatoms. The molecule has 134 valence electrons. The minimum atomic E-state index is 0.229. The number of carbonyl (C=O) groups excluding carboxylic acids is 1. The van der Waals surface area contributed by atoms with Crippen LogP contribution in [-0.2, 0) is 12.8 Å². The zero-order valence-corrected chi connectivity index (χ0v) is 15.6. The first-order chi connectivity index (χ1) is 12.8. The molecule has 0 spiro atoms. The van der Waals surface area contributed by atoms with Gasteiger partial charge in [0.15, 0.2) is 0 Å². The van der Waals surface area contributed by atoms with Gasteiger partial charge in [-0.2, -0.15) is 0 Å². The fourth-order valence-electron chi connectivity index (χ4n) is 4.27. The number of rotatable bonds is 2. The fraction of sp³-hybridized carbons (Fsp3) is 0.429. The molecule has 26 heavy (non-hydrogen) atoms. The Balaban J connectivity index is 1.27. The number of hydrogen-bond donors (Lipinski definition) is 1. The molecular formula is C21H23N3OS. The first-order valence-electron chi connectivity index (χ1n) is 9.63. The molecular weight excluding hydrogens is 342 g/mol. The Morgan fingerprint density at radius 1 is 1.15 bits per heavy atom. The minimum absolute atomic E-state index is 0.229. The van der Waals surface area contributed by atoms with E-state index in [-0.39, 0.29) is 5.91 Å². The maximum absolute atomic E-state index is 12.9. The fourth-order valence-corrected chi connectivity index (χ4v) is 5.50. The Bertz CT molecular complexity index is 893. The standard InChI is InChI=1S/C21H23N3OS/c25-21(19-13-15-5-1-4-8-18(15)26-19)24-11-9-14(10-12-24)20-22-16-6-2-3-7-17(16)23-20/h2-3,6-7,13-14H,1,4-5,8-12H2,(H,22,23). The SMILES string of the molecule is O=C(c1cc2c(s1)CCCC2)N1CCC(c2nc3ccccc3[nH]2)CC1. The molecule has 3 heterocycles. The topological polar surface area (TPSA) is 49.0 Å². The number of H-pyrrole nitrogens is 1. The molecule has 0 unspecified atom stereocenters. The second-order valence-electron chi connectivity index (χ2n) is 7.47. The third-order valence-corrected chi connectivity index (χ3v) is 7.01. The summed E-state index contributed by atoms with van der Waals surface area (Å²) in [7, 11) is 0. The van der Waals surface area contributed by atoms with Crippen molar-refractivity contribution in [3.05, 3.63) is 51.5 Å². The number of fused-ring (bicyclic) bond motifs is 2. The van der Waals surface area contributed by atoms with Crippen molar-refractivity contribution < 1.29 is 4.79 Å². The van der Waals surface area contributed by atoms with Gasteiger partial charge in [-0.05, 0) is 62.3 Å². The normalized spacial score (nSPS) is 18.2. The lowest BCUT2D eigenvalue weighted by molar-refractivity contribution is 0.0716. The number of nitrogens with one attached hydrogen (secondary N) is 1. The quantitative estimate of drug-likeness (QED) is 0.726. The van der Waals surface area contributed by atoms with Crippen LogP contribution in [0.5, 0.6) is 0 Å². The molecule has 5 rings (SSSR count). The van der Waals surface area contributed by atoms with Crippen LogP contribution >= 0.6 is 11.3 Å². The minimum Gasteiger partial charge on any atom is -0.342 e. The molecule has 3 aromatic rings. The van der Waals surface area contributed by atoms with Gasteiger partial charge in [0.05, 0.1) is 15.9 Å². The highest BCUT2D eigenvalue weighted by atomic mass is 32.1. The first kappa shape index (κ1) is 16.1. The lowest BCUT2D eigenvalue weighted by Crippen LogP contribution is -2.37. The van der Waals surface area contributed by atoms with Crippen molar-refractivity contribution in [3.63, 3.8) is 0 Å². The van der Waals surface area contributed by atoms with Crippen molar-refractivity contribution in [3.8, 4) is 0 Å². The maximum atomic E-state index is 12.9. The number of aromatic amines is 1. The smallest absolute Gasteiger partial charge is 0.263 e. The second-order valence-corrected chi connectivity index (χ2v) is 8.61. The Kier molecular flexibility index (Phi) is 4.04. The average Bonchev–Trinajstić information content (AvgIpc) is 3.31. The van der Waals surface area contributed by atoms with Crippen LogP contribution in [0.25, 0.3) is 11.0 Å². The summed E-state index contributed by atoms with van der Waals surface area (Å²) in [5.74, 6) is 1.72. The zero-order valence-electron chi connectivity index (χ0n) is 14.8. The zero-order chi connectivity index (χ0) is 17.5. The molecule has 1 N–H and O–H groups in total. The van der Waals surface area contributed by atoms with Crippen LogP contribution in [0.4, 0.5) is 0 Å². The third kappa shape index (κ3) is 2.84. The van der Waals surface area contributed by atoms with E-state index in [9.17, 15) is 4.79 Å². The third-order valence-electron chi connectivity index (χ3n) is 5.78. The summed E-state index contributed by atoms with van der Waals surface area (Å²) in [6.45, 7) is 1.65. The number of aromatic nitrogens is 2. The molecule has 1 aliphatic carbocycles. The van der Waals surface area contributed by atoms with E-state index in [1.165, 1.54) is 23.3 Å². The molecule has 1 amide bonds. The Morgan fingerprint density at radius 3 is 2.77 bits per heavy atom. The predicted octanol–water partition coefficient (Wildman–Crippen LogP) is 4.52. The molecule has 0 atom stereocenters. The van der Waals surface area contributed by atoms with E-state index in [0.29, 0.717) is 5.92 Å². The maximum Gasteiger partial charge on any atom is 0.263 e. The van der Waals surface area contributed by atoms with Crippen LogP contribution in [0.3, 0.4) is 0 Å². The van der Waals surface area contributed by atoms with Gasteiger partial charge in [0, 0.05) is 23.9 Å². The van der Waals surface area contributed by atoms with Crippen molar-refractivity contribution in [1.82, 2.24) is 14.9 Å². The molecule has 2 aliphatic rings. The largest absolute Gasteiger partial charge is 0.342 e. The van der Waals surface area contributed by atoms with Crippen LogP contribution in [0.2, 0.25) is 0 Å². The summed E-state index contributed by atoms with van der Waals surface area (Å²) in [6.07, 6.45) is 6.80. The number of benzene rings is 1. The van der Waals surface area contributed by atoms with Crippen LogP contribution in [0.1, 0.15) is 57.5 Å². The van der Waals surface area contributed by atoms with Crippen molar-refractivity contribution in [1.29, 1.82) is 0 Å². The summed E-state index contributed by atoms with van der Waals surface area (Å²) in [5, 5.41) is 0. The van der Waals surface area contributed by atoms with Gasteiger partial charge in [0.2, 0.25) is 0 Å². The van der Waals surface area contributed by atoms with E-state index >= 15 is 0 Å². The highest BCUT2D eigenvalue weighted by Crippen LogP contribution is 2.32. The van der Waals surface area contributed by atoms with E-state index in [2.05, 4.69) is 17.1 Å². The number of nitrogens with zero attached hydrogens (tertiary/aromatic N) is 2. The monoisotopic (exact) mass is 365 g/mol. The van der Waals surface area contributed by atoms with Crippen LogP contribution < -0.4 is 0 Å². The summed E-state index contributed by atoms with van der Waals surface area (Å²) in [4.78, 5) is 25.6. The number of thiophene rings is 1. The van der Waals surface area contributed by atoms with Crippen molar-refractivity contribution in [2.45, 2.75) is 44.4 Å². The first-order valence-corrected chi connectivity index (χ1v) is 10.4. The average molecular weight is 366 g/mol. The van der Waals surface area contributed by atoms with Gasteiger partial charge in [0.25, 0.3) is 5.91 Å². The molecule has 0 radical (unpaired) electrons. The van der Waals surface area contributed by atoms with E-state index < -0.39 is 0 Å². The number of amides is 1. The van der Waals surface area contributed by atoms with E-state index in [1.54, 1.807) is 11.3 Å². The Morgan fingerprint density at radius 2 is 1.96 bits per heavy atom. The Labute approximate surface area is 157 Å². The second kappa shape index (κ2) is 6.54. The van der Waals surface area contributed by atoms with Gasteiger partial charge in [-0.1, -0.05) is 12.1 Å². The summed E-state index contributed by atoms with van der Waals surface area (Å²) in [5.41, 5.74) is 3.55. The number of likely N-dealkylation sites (tertiary alicyclic amines) is 1. The van der Waals surface area contributed by atoms with Gasteiger partial charge in [0.1, 0.15) is 5.82 Å². The lowest BCUT2D eigenvalue weighted by atomic mass is 9.96. The van der Waals surface area contributed by atoms with Crippen LogP contribution in [0, 0.1) is 0 Å². The van der Waals surface area contributed by atoms with Gasteiger partial charge >= 0.3 is 0 Å². The molecule has 1 fully saturated rings. The van der Waals surface area contributed by atoms with E-state index in [4.69, 9.17) is 4.98 Å². The molecule has 1 aliphatic heterocycles. The van der Waals surface area contributed by atoms with Crippen molar-refractivity contribution in [2.24, 2.45) is 0 Å². The van der Waals surface area contributed by atoms with E-state index in [1.807, 2.05) is 23.1 Å². The molecule has 2 aromatic heterocycles. The van der Waals surface area contributed by atoms with Gasteiger partial charge in [-0.25, -0.2) is 4.98 Å². The highest BCUT2D eigenvalue weighted by molar-refractivity contribution is 7.14. The lowest BCUT2D eigenvalue weighted by Gasteiger charge is -2.30. The molecule has 4 nitrogen and oxygen atoms in total. The molecule has 0 bridgehead atoms. The number of aryl methyl sites for hydroxylation is 2. The molecule has 1 aromatic carbocycles. The Hall–Kier alpha value is -2.14. The molecule has 1 saturated heterocycles. The summed E-state index contributed by atoms with van der Waals surface area (Å²) < 4.78 is 0. The number of hydrogen-bond acceptors (Lipinski definition) is 3. The number of piperidine rings is 1. The van der Waals surface area contributed by atoms with Crippen molar-refractivity contribution >= 4 is 28.3 Å². The van der Waals surface area contributed by atoms with Gasteiger partial charge in [-0.15, -0.1) is 11.3 Å². The van der Waals surface area contributed by atoms with Gasteiger partial charge in [-0.3, -0.25) is 4.79 Å². The summed E-state index contributed by atoms with van der Waals surface area (Å²) in [6, 6.07) is 10.3. The predicted molar refractivity (Wildman–Crippen MR) is 105 cm³/mol. The number of imidazole rings is 1. The van der Waals surface area contributed by atoms with Gasteiger partial charge < -0.3 is 9.88 Å². The van der Waals surface area contributed by atoms with Crippen molar-refractivity contribution in [2.75, 3.05) is 13.1 Å². The number of carbonyl (C=O) groups is 1. The highest BCUT2D eigenvalue weighted by Gasteiger charge is 2.28.